The van der Waals surface area contributed by atoms with E-state index in [1.165, 1.54) is 43.5 Å². The maximum absolute atomic E-state index is 12.4. The van der Waals surface area contributed by atoms with Crippen LogP contribution in [0.2, 0.25) is 0 Å². The van der Waals surface area contributed by atoms with Crippen LogP contribution in [0.1, 0.15) is 46.0 Å². The quantitative estimate of drug-likeness (QED) is 0.672. The zero-order valence-electron chi connectivity index (χ0n) is 16.1. The fourth-order valence-electron chi connectivity index (χ4n) is 5.34. The summed E-state index contributed by atoms with van der Waals surface area (Å²) < 4.78 is 0. The van der Waals surface area contributed by atoms with Crippen molar-refractivity contribution in [3.8, 4) is 0 Å². The van der Waals surface area contributed by atoms with Crippen molar-refractivity contribution in [2.75, 3.05) is 19.6 Å². The Hall–Kier alpha value is -1.05. The first-order chi connectivity index (χ1) is 12.9. The van der Waals surface area contributed by atoms with E-state index in [0.29, 0.717) is 5.25 Å². The Labute approximate surface area is 165 Å². The van der Waals surface area contributed by atoms with Crippen LogP contribution in [0.3, 0.4) is 0 Å². The molecule has 7 heteroatoms. The van der Waals surface area contributed by atoms with Gasteiger partial charge in [-0.1, -0.05) is 26.2 Å². The Balaban J connectivity index is 1.38. The molecule has 2 saturated heterocycles. The second-order valence-corrected chi connectivity index (χ2v) is 10.1. The third kappa shape index (κ3) is 3.32. The number of carbonyl (C=O) groups is 2. The predicted molar refractivity (Wildman–Crippen MR) is 104 cm³/mol. The standard InChI is InChI=1S/C20H30N2O4S/c1-11-16-15(12(2)23)19(24)22(16)17(20(25)26)18(11)27-14-9-21(10-14)8-13-6-4-3-5-7-13/h11-16,23H,3-10H2,1-2H3,(H,25,26)/t11-,12-,15-,16-/m1/s1. The third-order valence-electron chi connectivity index (χ3n) is 6.77. The summed E-state index contributed by atoms with van der Waals surface area (Å²) >= 11 is 1.65. The Morgan fingerprint density at radius 2 is 1.93 bits per heavy atom. The average molecular weight is 395 g/mol. The van der Waals surface area contributed by atoms with E-state index in [4.69, 9.17) is 0 Å². The Morgan fingerprint density at radius 1 is 1.26 bits per heavy atom. The molecule has 1 aliphatic carbocycles. The Bertz CT molecular complexity index is 652. The molecule has 4 rings (SSSR count). The van der Waals surface area contributed by atoms with Crippen LogP contribution in [-0.2, 0) is 9.59 Å². The zero-order chi connectivity index (χ0) is 19.3. The molecule has 6 nitrogen and oxygen atoms in total. The van der Waals surface area contributed by atoms with Gasteiger partial charge in [0.2, 0.25) is 5.91 Å². The summed E-state index contributed by atoms with van der Waals surface area (Å²) in [7, 11) is 0. The lowest BCUT2D eigenvalue weighted by molar-refractivity contribution is -0.163. The number of fused-ring (bicyclic) bond motifs is 1. The van der Waals surface area contributed by atoms with Crippen molar-refractivity contribution in [1.82, 2.24) is 9.80 Å². The lowest BCUT2D eigenvalue weighted by Crippen LogP contribution is -2.63. The molecule has 3 aliphatic heterocycles. The van der Waals surface area contributed by atoms with Crippen molar-refractivity contribution in [1.29, 1.82) is 0 Å². The number of hydrogen-bond acceptors (Lipinski definition) is 5. The van der Waals surface area contributed by atoms with E-state index in [1.807, 2.05) is 6.92 Å². The van der Waals surface area contributed by atoms with Gasteiger partial charge in [-0.3, -0.25) is 4.79 Å². The highest BCUT2D eigenvalue weighted by molar-refractivity contribution is 8.03. The first-order valence-electron chi connectivity index (χ1n) is 10.3. The Morgan fingerprint density at radius 3 is 2.52 bits per heavy atom. The minimum absolute atomic E-state index is 0.0224. The number of hydrogen-bond donors (Lipinski definition) is 2. The molecule has 0 unspecified atom stereocenters. The van der Waals surface area contributed by atoms with Gasteiger partial charge in [0, 0.05) is 35.7 Å². The number of β-lactam (4-membered cyclic amide) rings is 1. The molecule has 3 fully saturated rings. The van der Waals surface area contributed by atoms with Gasteiger partial charge in [-0.2, -0.15) is 0 Å². The van der Waals surface area contributed by atoms with Crippen LogP contribution in [0.25, 0.3) is 0 Å². The van der Waals surface area contributed by atoms with Gasteiger partial charge in [-0.05, 0) is 25.7 Å². The number of rotatable bonds is 6. The lowest BCUT2D eigenvalue weighted by atomic mass is 9.79. The molecule has 150 valence electrons. The number of nitrogens with zero attached hydrogens (tertiary/aromatic N) is 2. The minimum Gasteiger partial charge on any atom is -0.477 e. The van der Waals surface area contributed by atoms with Crippen molar-refractivity contribution in [2.45, 2.75) is 63.3 Å². The Kier molecular flexibility index (Phi) is 5.29. The maximum atomic E-state index is 12.4. The molecule has 2 N–H and O–H groups in total. The molecular weight excluding hydrogens is 364 g/mol. The molecule has 1 saturated carbocycles. The summed E-state index contributed by atoms with van der Waals surface area (Å²) in [4.78, 5) is 29.0. The lowest BCUT2D eigenvalue weighted by Gasteiger charge is -2.46. The van der Waals surface area contributed by atoms with Crippen molar-refractivity contribution in [3.05, 3.63) is 10.6 Å². The number of thioether (sulfide) groups is 1. The van der Waals surface area contributed by atoms with Gasteiger partial charge < -0.3 is 20.0 Å². The maximum Gasteiger partial charge on any atom is 0.353 e. The van der Waals surface area contributed by atoms with Crippen LogP contribution >= 0.6 is 11.8 Å². The largest absolute Gasteiger partial charge is 0.477 e. The molecule has 4 atom stereocenters. The fraction of sp³-hybridized carbons (Fsp3) is 0.800. The molecule has 0 aromatic heterocycles. The molecule has 0 aromatic rings. The van der Waals surface area contributed by atoms with Gasteiger partial charge >= 0.3 is 5.97 Å². The van der Waals surface area contributed by atoms with Crippen molar-refractivity contribution < 1.29 is 19.8 Å². The topological polar surface area (TPSA) is 81.1 Å². The molecule has 0 radical (unpaired) electrons. The average Bonchev–Trinajstić information content (AvgIpc) is 2.83. The highest BCUT2D eigenvalue weighted by Crippen LogP contribution is 2.52. The summed E-state index contributed by atoms with van der Waals surface area (Å²) in [5.41, 5.74) is 0.158. The first-order valence-corrected chi connectivity index (χ1v) is 11.1. The highest BCUT2D eigenvalue weighted by atomic mass is 32.2. The van der Waals surface area contributed by atoms with Crippen LogP contribution in [-0.4, -0.2) is 68.9 Å². The first kappa shape index (κ1) is 19.3. The van der Waals surface area contributed by atoms with E-state index >= 15 is 0 Å². The van der Waals surface area contributed by atoms with Gasteiger partial charge in [-0.15, -0.1) is 11.8 Å². The summed E-state index contributed by atoms with van der Waals surface area (Å²) in [5, 5.41) is 20.0. The molecule has 4 aliphatic rings. The van der Waals surface area contributed by atoms with Crippen LogP contribution < -0.4 is 0 Å². The summed E-state index contributed by atoms with van der Waals surface area (Å²) in [6.45, 7) is 6.80. The molecular formula is C20H30N2O4S. The number of aliphatic hydroxyl groups excluding tert-OH is 1. The van der Waals surface area contributed by atoms with Crippen LogP contribution in [0, 0.1) is 17.8 Å². The number of amides is 1. The van der Waals surface area contributed by atoms with Crippen LogP contribution in [0.15, 0.2) is 10.6 Å². The van der Waals surface area contributed by atoms with E-state index in [-0.39, 0.29) is 23.6 Å². The highest BCUT2D eigenvalue weighted by Gasteiger charge is 2.60. The van der Waals surface area contributed by atoms with Crippen molar-refractivity contribution >= 4 is 23.6 Å². The van der Waals surface area contributed by atoms with Gasteiger partial charge in [0.05, 0.1) is 18.1 Å². The SMILES string of the molecule is C[C@@H](O)[C@H]1C(=O)N2C(C(=O)O)=C(SC3CN(CC4CCCCC4)C3)[C@H](C)[C@H]12. The predicted octanol–water partition coefficient (Wildman–Crippen LogP) is 2.14. The third-order valence-corrected chi connectivity index (χ3v) is 8.22. The van der Waals surface area contributed by atoms with Crippen LogP contribution in [0.4, 0.5) is 0 Å². The smallest absolute Gasteiger partial charge is 0.353 e. The molecule has 0 bridgehead atoms. The second-order valence-electron chi connectivity index (χ2n) is 8.73. The zero-order valence-corrected chi connectivity index (χ0v) is 17.0. The van der Waals surface area contributed by atoms with Crippen molar-refractivity contribution in [2.24, 2.45) is 17.8 Å². The minimum atomic E-state index is -1.03. The molecule has 1 amide bonds. The van der Waals surface area contributed by atoms with Gasteiger partial charge in [0.25, 0.3) is 0 Å². The molecule has 27 heavy (non-hydrogen) atoms. The number of carbonyl (C=O) groups excluding carboxylic acids is 1. The van der Waals surface area contributed by atoms with Crippen molar-refractivity contribution in [3.63, 3.8) is 0 Å². The number of aliphatic carboxylic acids is 1. The molecule has 3 heterocycles. The number of aliphatic hydroxyl groups is 1. The van der Waals surface area contributed by atoms with E-state index in [2.05, 4.69) is 4.90 Å². The summed E-state index contributed by atoms with van der Waals surface area (Å²) in [6.07, 6.45) is 6.05. The summed E-state index contributed by atoms with van der Waals surface area (Å²) in [6, 6.07) is -0.204. The van der Waals surface area contributed by atoms with Gasteiger partial charge in [-0.25, -0.2) is 4.79 Å². The number of carboxylic acids is 1. The second kappa shape index (κ2) is 7.41. The van der Waals surface area contributed by atoms with Crippen LogP contribution in [0.5, 0.6) is 0 Å². The molecule has 0 spiro atoms. The normalized spacial score (nSPS) is 33.7. The van der Waals surface area contributed by atoms with E-state index in [0.717, 1.165) is 23.9 Å². The number of carboxylic acid groups (broad SMARTS) is 1. The summed E-state index contributed by atoms with van der Waals surface area (Å²) in [5.74, 6) is -0.942. The van der Waals surface area contributed by atoms with E-state index in [1.54, 1.807) is 18.7 Å². The fourth-order valence-corrected chi connectivity index (χ4v) is 6.92. The van der Waals surface area contributed by atoms with Gasteiger partial charge in [0.1, 0.15) is 5.70 Å². The van der Waals surface area contributed by atoms with E-state index in [9.17, 15) is 19.8 Å². The van der Waals surface area contributed by atoms with E-state index < -0.39 is 18.0 Å². The van der Waals surface area contributed by atoms with Gasteiger partial charge in [0.15, 0.2) is 0 Å². The monoisotopic (exact) mass is 394 g/mol. The number of likely N-dealkylation sites (tertiary alicyclic amines) is 1. The molecule has 0 aromatic carbocycles.